The van der Waals surface area contributed by atoms with Crippen molar-refractivity contribution in [2.45, 2.75) is 38.7 Å². The number of carbonyl (C=O) groups is 1. The number of nitrogens with one attached hydrogen (secondary N) is 1. The van der Waals surface area contributed by atoms with E-state index >= 15 is 0 Å². The Kier molecular flexibility index (Phi) is 8.25. The number of hydrogen-bond donors (Lipinski definition) is 1. The molecule has 0 amide bonds. The van der Waals surface area contributed by atoms with Crippen LogP contribution < -0.4 is 9.46 Å². The summed E-state index contributed by atoms with van der Waals surface area (Å²) < 4.78 is 33.9. The Morgan fingerprint density at radius 1 is 1.13 bits per heavy atom. The number of carbonyl (C=O) groups excluding carboxylic acids is 1. The van der Waals surface area contributed by atoms with Crippen molar-refractivity contribution in [2.75, 3.05) is 4.72 Å². The highest BCUT2D eigenvalue weighted by Crippen LogP contribution is 2.27. The summed E-state index contributed by atoms with van der Waals surface area (Å²) in [5.41, 5.74) is 1.46. The molecular weight excluding hydrogens is 434 g/mol. The molecule has 0 saturated heterocycles. The standard InChI is InChI=1S/C24H26ClNO4S/c1-6-18(8-7-16(2)3)24(27)22-15-19(25)9-14-23(22)26-31(28,29)21-12-10-20(11-13-21)30-17(4)5/h6-15,17,26H,2H2,1,3-5H3/b8-7-,18-6+. The smallest absolute Gasteiger partial charge is 0.261 e. The van der Waals surface area contributed by atoms with Crippen LogP contribution in [0.2, 0.25) is 5.02 Å². The summed E-state index contributed by atoms with van der Waals surface area (Å²) in [6, 6.07) is 10.5. The average molecular weight is 460 g/mol. The summed E-state index contributed by atoms with van der Waals surface area (Å²) in [4.78, 5) is 13.1. The van der Waals surface area contributed by atoms with Crippen LogP contribution >= 0.6 is 11.6 Å². The average Bonchev–Trinajstić information content (AvgIpc) is 2.69. The van der Waals surface area contributed by atoms with Gasteiger partial charge in [-0.25, -0.2) is 8.42 Å². The molecule has 0 aliphatic carbocycles. The summed E-state index contributed by atoms with van der Waals surface area (Å²) in [6.45, 7) is 11.1. The van der Waals surface area contributed by atoms with Crippen molar-refractivity contribution in [1.82, 2.24) is 0 Å². The minimum absolute atomic E-state index is 0.0250. The van der Waals surface area contributed by atoms with E-state index in [0.29, 0.717) is 16.3 Å². The molecule has 0 saturated carbocycles. The van der Waals surface area contributed by atoms with Crippen molar-refractivity contribution >= 4 is 33.1 Å². The fourth-order valence-corrected chi connectivity index (χ4v) is 3.91. The largest absolute Gasteiger partial charge is 0.491 e. The van der Waals surface area contributed by atoms with Gasteiger partial charge in [-0.1, -0.05) is 42.0 Å². The van der Waals surface area contributed by atoms with E-state index in [9.17, 15) is 13.2 Å². The molecule has 0 fully saturated rings. The first-order valence-electron chi connectivity index (χ1n) is 9.67. The van der Waals surface area contributed by atoms with E-state index in [1.54, 1.807) is 37.3 Å². The van der Waals surface area contributed by atoms with E-state index in [4.69, 9.17) is 16.3 Å². The van der Waals surface area contributed by atoms with Crippen molar-refractivity contribution in [1.29, 1.82) is 0 Å². The van der Waals surface area contributed by atoms with Crippen LogP contribution in [0.3, 0.4) is 0 Å². The number of sulfonamides is 1. The highest BCUT2D eigenvalue weighted by molar-refractivity contribution is 7.92. The molecule has 2 aromatic carbocycles. The van der Waals surface area contributed by atoms with Gasteiger partial charge < -0.3 is 4.74 Å². The topological polar surface area (TPSA) is 72.5 Å². The number of halogens is 1. The number of ether oxygens (including phenoxy) is 1. The molecule has 0 aliphatic rings. The highest BCUT2D eigenvalue weighted by atomic mass is 35.5. The van der Waals surface area contributed by atoms with Crippen LogP contribution in [-0.4, -0.2) is 20.3 Å². The Morgan fingerprint density at radius 3 is 2.32 bits per heavy atom. The zero-order valence-corrected chi connectivity index (χ0v) is 19.5. The Morgan fingerprint density at radius 2 is 1.77 bits per heavy atom. The fourth-order valence-electron chi connectivity index (χ4n) is 2.66. The molecule has 1 N–H and O–H groups in total. The lowest BCUT2D eigenvalue weighted by Crippen LogP contribution is -2.16. The van der Waals surface area contributed by atoms with Gasteiger partial charge in [0.2, 0.25) is 0 Å². The van der Waals surface area contributed by atoms with Crippen molar-refractivity contribution in [3.63, 3.8) is 0 Å². The van der Waals surface area contributed by atoms with Gasteiger partial charge in [-0.3, -0.25) is 9.52 Å². The highest BCUT2D eigenvalue weighted by Gasteiger charge is 2.20. The third-order valence-electron chi connectivity index (χ3n) is 4.10. The minimum Gasteiger partial charge on any atom is -0.491 e. The number of rotatable bonds is 9. The Balaban J connectivity index is 2.39. The molecule has 31 heavy (non-hydrogen) atoms. The van der Waals surface area contributed by atoms with Crippen LogP contribution in [0.25, 0.3) is 0 Å². The maximum absolute atomic E-state index is 13.1. The molecular formula is C24H26ClNO4S. The Hall–Kier alpha value is -2.83. The Labute approximate surface area is 189 Å². The number of hydrogen-bond acceptors (Lipinski definition) is 4. The molecule has 0 spiro atoms. The monoisotopic (exact) mass is 459 g/mol. The van der Waals surface area contributed by atoms with Crippen LogP contribution in [0.15, 0.2) is 83.3 Å². The van der Waals surface area contributed by atoms with Gasteiger partial charge in [0.1, 0.15) is 5.75 Å². The van der Waals surface area contributed by atoms with Crippen molar-refractivity contribution < 1.29 is 17.9 Å². The van der Waals surface area contributed by atoms with Gasteiger partial charge in [0.05, 0.1) is 16.7 Å². The number of allylic oxidation sites excluding steroid dienone is 5. The van der Waals surface area contributed by atoms with Crippen molar-refractivity contribution in [3.05, 3.63) is 89.0 Å². The van der Waals surface area contributed by atoms with E-state index in [0.717, 1.165) is 5.57 Å². The van der Waals surface area contributed by atoms with E-state index in [1.165, 1.54) is 30.3 Å². The van der Waals surface area contributed by atoms with E-state index in [2.05, 4.69) is 11.3 Å². The molecule has 0 atom stereocenters. The van der Waals surface area contributed by atoms with Crippen molar-refractivity contribution in [2.24, 2.45) is 0 Å². The summed E-state index contributed by atoms with van der Waals surface area (Å²) in [7, 11) is -3.94. The van der Waals surface area contributed by atoms with E-state index < -0.39 is 10.0 Å². The number of anilines is 1. The lowest BCUT2D eigenvalue weighted by molar-refractivity contribution is 0.103. The predicted octanol–water partition coefficient (Wildman–Crippen LogP) is 6.19. The summed E-state index contributed by atoms with van der Waals surface area (Å²) in [5, 5.41) is 0.320. The molecule has 2 rings (SSSR count). The quantitative estimate of drug-likeness (QED) is 0.275. The van der Waals surface area contributed by atoms with Crippen LogP contribution in [0, 0.1) is 0 Å². The van der Waals surface area contributed by atoms with Gasteiger partial charge >= 0.3 is 0 Å². The maximum atomic E-state index is 13.1. The lowest BCUT2D eigenvalue weighted by atomic mass is 10.0. The molecule has 164 valence electrons. The molecule has 0 aromatic heterocycles. The van der Waals surface area contributed by atoms with Gasteiger partial charge in [0, 0.05) is 16.2 Å². The van der Waals surface area contributed by atoms with Crippen LogP contribution in [-0.2, 0) is 10.0 Å². The molecule has 7 heteroatoms. The molecule has 0 heterocycles. The molecule has 0 aliphatic heterocycles. The zero-order chi connectivity index (χ0) is 23.2. The Bertz CT molecular complexity index is 1130. The first-order valence-corrected chi connectivity index (χ1v) is 11.5. The number of benzene rings is 2. The van der Waals surface area contributed by atoms with Gasteiger partial charge in [-0.05, 0) is 70.2 Å². The third kappa shape index (κ3) is 6.84. The molecule has 0 bridgehead atoms. The molecule has 5 nitrogen and oxygen atoms in total. The second-order valence-electron chi connectivity index (χ2n) is 7.19. The normalized spacial score (nSPS) is 12.3. The molecule has 0 unspecified atom stereocenters. The predicted molar refractivity (Wildman–Crippen MR) is 127 cm³/mol. The minimum atomic E-state index is -3.94. The molecule has 0 radical (unpaired) electrons. The van der Waals surface area contributed by atoms with E-state index in [-0.39, 0.29) is 28.0 Å². The number of ketones is 1. The van der Waals surface area contributed by atoms with Gasteiger partial charge in [0.15, 0.2) is 5.78 Å². The SMILES string of the molecule is C=C(C)/C=C\C(=C/C)C(=O)c1cc(Cl)ccc1NS(=O)(=O)c1ccc(OC(C)C)cc1. The number of Topliss-reactive ketones (excluding diaryl/α,β-unsaturated/α-hetero) is 1. The summed E-state index contributed by atoms with van der Waals surface area (Å²) >= 11 is 6.09. The zero-order valence-electron chi connectivity index (χ0n) is 18.0. The fraction of sp³-hybridized carbons (Fsp3) is 0.208. The van der Waals surface area contributed by atoms with Crippen LogP contribution in [0.4, 0.5) is 5.69 Å². The second-order valence-corrected chi connectivity index (χ2v) is 9.31. The van der Waals surface area contributed by atoms with Crippen molar-refractivity contribution in [3.8, 4) is 5.75 Å². The van der Waals surface area contributed by atoms with Crippen LogP contribution in [0.1, 0.15) is 38.1 Å². The van der Waals surface area contributed by atoms with E-state index in [1.807, 2.05) is 20.8 Å². The summed E-state index contributed by atoms with van der Waals surface area (Å²) in [6.07, 6.45) is 4.97. The maximum Gasteiger partial charge on any atom is 0.261 e. The first kappa shape index (κ1) is 24.4. The molecule has 2 aromatic rings. The van der Waals surface area contributed by atoms with Gasteiger partial charge in [-0.2, -0.15) is 0 Å². The second kappa shape index (κ2) is 10.5. The summed E-state index contributed by atoms with van der Waals surface area (Å²) in [5.74, 6) is 0.208. The lowest BCUT2D eigenvalue weighted by Gasteiger charge is -2.14. The van der Waals surface area contributed by atoms with Gasteiger partial charge in [-0.15, -0.1) is 0 Å². The first-order chi connectivity index (χ1) is 14.5. The van der Waals surface area contributed by atoms with Crippen LogP contribution in [0.5, 0.6) is 5.75 Å². The third-order valence-corrected chi connectivity index (χ3v) is 5.71. The van der Waals surface area contributed by atoms with Gasteiger partial charge in [0.25, 0.3) is 10.0 Å².